The number of hydrogen-bond donors (Lipinski definition) is 1. The SMILES string of the molecule is C=CC1CCN(c2cccc(C(=O)O)n2)CC1. The smallest absolute Gasteiger partial charge is 0.354 e. The molecule has 0 saturated carbocycles. The maximum absolute atomic E-state index is 10.8. The van der Waals surface area contributed by atoms with Crippen LogP contribution in [0.15, 0.2) is 30.9 Å². The van der Waals surface area contributed by atoms with E-state index in [4.69, 9.17) is 5.11 Å². The molecule has 1 aromatic heterocycles. The molecule has 0 atom stereocenters. The van der Waals surface area contributed by atoms with Crippen molar-refractivity contribution in [2.75, 3.05) is 18.0 Å². The third kappa shape index (κ3) is 2.64. The molecule has 4 nitrogen and oxygen atoms in total. The quantitative estimate of drug-likeness (QED) is 0.811. The first-order valence-electron chi connectivity index (χ1n) is 5.78. The van der Waals surface area contributed by atoms with Gasteiger partial charge in [-0.1, -0.05) is 12.1 Å². The fourth-order valence-corrected chi connectivity index (χ4v) is 2.08. The Morgan fingerprint density at radius 1 is 1.47 bits per heavy atom. The molecule has 1 fully saturated rings. The van der Waals surface area contributed by atoms with Gasteiger partial charge in [-0.3, -0.25) is 0 Å². The number of nitrogens with zero attached hydrogens (tertiary/aromatic N) is 2. The summed E-state index contributed by atoms with van der Waals surface area (Å²) >= 11 is 0. The van der Waals surface area contributed by atoms with Gasteiger partial charge in [0.1, 0.15) is 5.82 Å². The van der Waals surface area contributed by atoms with Crippen LogP contribution in [0.1, 0.15) is 23.3 Å². The molecule has 0 bridgehead atoms. The Labute approximate surface area is 101 Å². The molecule has 0 aromatic carbocycles. The lowest BCUT2D eigenvalue weighted by Crippen LogP contribution is -2.33. The van der Waals surface area contributed by atoms with Gasteiger partial charge in [0, 0.05) is 13.1 Å². The molecule has 1 N–H and O–H groups in total. The van der Waals surface area contributed by atoms with Crippen LogP contribution in [0.4, 0.5) is 5.82 Å². The summed E-state index contributed by atoms with van der Waals surface area (Å²) in [6.45, 7) is 5.63. The van der Waals surface area contributed by atoms with Crippen molar-refractivity contribution in [3.05, 3.63) is 36.5 Å². The molecule has 0 unspecified atom stereocenters. The minimum Gasteiger partial charge on any atom is -0.477 e. The molecule has 0 radical (unpaired) electrons. The lowest BCUT2D eigenvalue weighted by atomic mass is 9.97. The minimum absolute atomic E-state index is 0.105. The van der Waals surface area contributed by atoms with Crippen LogP contribution in [-0.4, -0.2) is 29.1 Å². The second-order valence-electron chi connectivity index (χ2n) is 4.25. The summed E-state index contributed by atoms with van der Waals surface area (Å²) in [5.74, 6) is 0.356. The van der Waals surface area contributed by atoms with Crippen molar-refractivity contribution in [1.29, 1.82) is 0 Å². The van der Waals surface area contributed by atoms with Crippen molar-refractivity contribution in [1.82, 2.24) is 4.98 Å². The van der Waals surface area contributed by atoms with Gasteiger partial charge < -0.3 is 10.0 Å². The molecule has 90 valence electrons. The van der Waals surface area contributed by atoms with E-state index in [-0.39, 0.29) is 5.69 Å². The number of pyridine rings is 1. The zero-order valence-electron chi connectivity index (χ0n) is 9.67. The highest BCUT2D eigenvalue weighted by molar-refractivity contribution is 5.85. The maximum atomic E-state index is 10.8. The van der Waals surface area contributed by atoms with Crippen molar-refractivity contribution < 1.29 is 9.90 Å². The number of piperidine rings is 1. The lowest BCUT2D eigenvalue weighted by molar-refractivity contribution is 0.0690. The largest absolute Gasteiger partial charge is 0.477 e. The van der Waals surface area contributed by atoms with Crippen LogP contribution < -0.4 is 4.90 Å². The Balaban J connectivity index is 2.10. The molecule has 0 aliphatic carbocycles. The van der Waals surface area contributed by atoms with Gasteiger partial charge in [0.2, 0.25) is 0 Å². The maximum Gasteiger partial charge on any atom is 0.354 e. The number of carboxylic acid groups (broad SMARTS) is 1. The number of carboxylic acids is 1. The van der Waals surface area contributed by atoms with Gasteiger partial charge in [-0.2, -0.15) is 0 Å². The molecule has 1 saturated heterocycles. The van der Waals surface area contributed by atoms with E-state index in [2.05, 4.69) is 16.5 Å². The summed E-state index contributed by atoms with van der Waals surface area (Å²) in [5, 5.41) is 8.89. The number of rotatable bonds is 3. The Morgan fingerprint density at radius 2 is 2.18 bits per heavy atom. The van der Waals surface area contributed by atoms with Crippen molar-refractivity contribution in [2.24, 2.45) is 5.92 Å². The highest BCUT2D eigenvalue weighted by Gasteiger charge is 2.18. The highest BCUT2D eigenvalue weighted by atomic mass is 16.4. The number of anilines is 1. The Bertz CT molecular complexity index is 423. The van der Waals surface area contributed by atoms with E-state index in [1.165, 1.54) is 6.07 Å². The zero-order valence-corrected chi connectivity index (χ0v) is 9.67. The molecule has 4 heteroatoms. The summed E-state index contributed by atoms with van der Waals surface area (Å²) in [5.41, 5.74) is 0.105. The molecule has 1 aromatic rings. The van der Waals surface area contributed by atoms with Gasteiger partial charge in [-0.25, -0.2) is 9.78 Å². The first-order valence-corrected chi connectivity index (χ1v) is 5.78. The number of aromatic nitrogens is 1. The predicted molar refractivity (Wildman–Crippen MR) is 66.3 cm³/mol. The van der Waals surface area contributed by atoms with Crippen LogP contribution in [0.5, 0.6) is 0 Å². The van der Waals surface area contributed by atoms with E-state index in [1.54, 1.807) is 6.07 Å². The topological polar surface area (TPSA) is 53.4 Å². The van der Waals surface area contributed by atoms with Gasteiger partial charge in [0.15, 0.2) is 5.69 Å². The Hall–Kier alpha value is -1.84. The average molecular weight is 232 g/mol. The fraction of sp³-hybridized carbons (Fsp3) is 0.385. The van der Waals surface area contributed by atoms with Gasteiger partial charge in [-0.15, -0.1) is 6.58 Å². The van der Waals surface area contributed by atoms with E-state index in [9.17, 15) is 4.79 Å². The number of allylic oxidation sites excluding steroid dienone is 1. The third-order valence-corrected chi connectivity index (χ3v) is 3.15. The van der Waals surface area contributed by atoms with Gasteiger partial charge in [-0.05, 0) is 30.9 Å². The summed E-state index contributed by atoms with van der Waals surface area (Å²) in [4.78, 5) is 17.1. The summed E-state index contributed by atoms with van der Waals surface area (Å²) in [6.07, 6.45) is 4.11. The molecular formula is C13H16N2O2. The van der Waals surface area contributed by atoms with Crippen molar-refractivity contribution in [2.45, 2.75) is 12.8 Å². The Kier molecular flexibility index (Phi) is 3.42. The fourth-order valence-electron chi connectivity index (χ4n) is 2.08. The van der Waals surface area contributed by atoms with E-state index in [0.29, 0.717) is 5.92 Å². The first kappa shape index (κ1) is 11.6. The third-order valence-electron chi connectivity index (χ3n) is 3.15. The van der Waals surface area contributed by atoms with Crippen molar-refractivity contribution >= 4 is 11.8 Å². The van der Waals surface area contributed by atoms with Crippen molar-refractivity contribution in [3.63, 3.8) is 0 Å². The van der Waals surface area contributed by atoms with Crippen LogP contribution in [0, 0.1) is 5.92 Å². The Morgan fingerprint density at radius 3 is 2.76 bits per heavy atom. The van der Waals surface area contributed by atoms with E-state index < -0.39 is 5.97 Å². The van der Waals surface area contributed by atoms with E-state index in [1.807, 2.05) is 12.1 Å². The van der Waals surface area contributed by atoms with Gasteiger partial charge in [0.05, 0.1) is 0 Å². The molecule has 2 heterocycles. The molecule has 0 amide bonds. The summed E-state index contributed by atoms with van der Waals surface area (Å²) < 4.78 is 0. The zero-order chi connectivity index (χ0) is 12.3. The first-order chi connectivity index (χ1) is 8.20. The normalized spacial score (nSPS) is 16.8. The van der Waals surface area contributed by atoms with E-state index in [0.717, 1.165) is 31.7 Å². The van der Waals surface area contributed by atoms with Crippen LogP contribution in [0.25, 0.3) is 0 Å². The molecule has 2 rings (SSSR count). The monoisotopic (exact) mass is 232 g/mol. The number of hydrogen-bond acceptors (Lipinski definition) is 3. The van der Waals surface area contributed by atoms with Crippen LogP contribution in [0.3, 0.4) is 0 Å². The second kappa shape index (κ2) is 4.99. The summed E-state index contributed by atoms with van der Waals surface area (Å²) in [6, 6.07) is 5.12. The van der Waals surface area contributed by atoms with Crippen LogP contribution >= 0.6 is 0 Å². The van der Waals surface area contributed by atoms with Gasteiger partial charge >= 0.3 is 5.97 Å². The average Bonchev–Trinajstić information content (AvgIpc) is 2.39. The van der Waals surface area contributed by atoms with Crippen molar-refractivity contribution in [3.8, 4) is 0 Å². The molecule has 1 aliphatic heterocycles. The highest BCUT2D eigenvalue weighted by Crippen LogP contribution is 2.22. The number of aromatic carboxylic acids is 1. The second-order valence-corrected chi connectivity index (χ2v) is 4.25. The molecular weight excluding hydrogens is 216 g/mol. The molecule has 0 spiro atoms. The van der Waals surface area contributed by atoms with Gasteiger partial charge in [0.25, 0.3) is 0 Å². The van der Waals surface area contributed by atoms with E-state index >= 15 is 0 Å². The standard InChI is InChI=1S/C13H16N2O2/c1-2-10-6-8-15(9-7-10)12-5-3-4-11(14-12)13(16)17/h2-5,10H,1,6-9H2,(H,16,17). The summed E-state index contributed by atoms with van der Waals surface area (Å²) in [7, 11) is 0. The van der Waals surface area contributed by atoms with Crippen LogP contribution in [-0.2, 0) is 0 Å². The van der Waals surface area contributed by atoms with Crippen LogP contribution in [0.2, 0.25) is 0 Å². The number of carbonyl (C=O) groups is 1. The molecule has 1 aliphatic rings. The molecule has 17 heavy (non-hydrogen) atoms. The lowest BCUT2D eigenvalue weighted by Gasteiger charge is -2.31. The predicted octanol–water partition coefficient (Wildman–Crippen LogP) is 2.18. The minimum atomic E-state index is -0.979.